The lowest BCUT2D eigenvalue weighted by atomic mass is 10.0. The molecular weight excluding hydrogens is 342 g/mol. The number of hydrogen-bond donors (Lipinski definition) is 1. The van der Waals surface area contributed by atoms with Gasteiger partial charge in [-0.3, -0.25) is 0 Å². The molecule has 9 heteroatoms. The summed E-state index contributed by atoms with van der Waals surface area (Å²) in [5, 5.41) is 0.469. The molecule has 1 aromatic carbocycles. The third-order valence-electron chi connectivity index (χ3n) is 3.79. The first kappa shape index (κ1) is 16.2. The van der Waals surface area contributed by atoms with Crippen LogP contribution in [-0.2, 0) is 19.9 Å². The van der Waals surface area contributed by atoms with Crippen molar-refractivity contribution in [2.45, 2.75) is 23.8 Å². The molecule has 1 N–H and O–H groups in total. The van der Waals surface area contributed by atoms with E-state index in [2.05, 4.69) is 4.72 Å². The van der Waals surface area contributed by atoms with Crippen LogP contribution in [0.5, 0.6) is 0 Å². The van der Waals surface area contributed by atoms with Gasteiger partial charge in [-0.2, -0.15) is 0 Å². The summed E-state index contributed by atoms with van der Waals surface area (Å²) in [7, 11) is -7.11. The van der Waals surface area contributed by atoms with E-state index in [9.17, 15) is 21.6 Å². The van der Waals surface area contributed by atoms with Crippen LogP contribution in [0.2, 0.25) is 0 Å². The Morgan fingerprint density at radius 2 is 1.96 bits per heavy atom. The summed E-state index contributed by atoms with van der Waals surface area (Å²) in [6.45, 7) is 1.58. The van der Waals surface area contributed by atoms with Crippen molar-refractivity contribution in [3.8, 4) is 0 Å². The first-order valence-electron chi connectivity index (χ1n) is 6.87. The molecule has 1 fully saturated rings. The van der Waals surface area contributed by atoms with E-state index in [1.54, 1.807) is 6.92 Å². The van der Waals surface area contributed by atoms with Crippen LogP contribution in [0.1, 0.15) is 13.3 Å². The summed E-state index contributed by atoms with van der Waals surface area (Å²) in [4.78, 5) is 11.1. The molecule has 1 atom stereocenters. The summed E-state index contributed by atoms with van der Waals surface area (Å²) in [5.74, 6) is -0.253. The Bertz CT molecular complexity index is 1040. The number of sulfone groups is 1. The first-order valence-corrected chi connectivity index (χ1v) is 10.2. The topological polar surface area (TPSA) is 111 Å². The second-order valence-corrected chi connectivity index (χ2v) is 9.83. The van der Waals surface area contributed by atoms with Crippen LogP contribution in [0.3, 0.4) is 0 Å². The lowest BCUT2D eigenvalue weighted by Gasteiger charge is -2.23. The second kappa shape index (κ2) is 5.15. The fourth-order valence-electron chi connectivity index (χ4n) is 2.69. The molecule has 1 saturated heterocycles. The van der Waals surface area contributed by atoms with Gasteiger partial charge >= 0.3 is 5.63 Å². The van der Waals surface area contributed by atoms with Crippen LogP contribution in [0, 0.1) is 0 Å². The maximum absolute atomic E-state index is 12.5. The van der Waals surface area contributed by atoms with E-state index in [-0.39, 0.29) is 28.4 Å². The summed E-state index contributed by atoms with van der Waals surface area (Å²) in [6.07, 6.45) is 0.233. The number of rotatable bonds is 3. The van der Waals surface area contributed by atoms with E-state index in [1.165, 1.54) is 30.3 Å². The van der Waals surface area contributed by atoms with Crippen LogP contribution in [0.4, 0.5) is 0 Å². The molecule has 3 rings (SSSR count). The fourth-order valence-corrected chi connectivity index (χ4v) is 6.35. The van der Waals surface area contributed by atoms with Crippen LogP contribution in [0.25, 0.3) is 11.0 Å². The lowest BCUT2D eigenvalue weighted by molar-refractivity contribution is 0.462. The number of benzene rings is 1. The van der Waals surface area contributed by atoms with Crippen molar-refractivity contribution < 1.29 is 21.3 Å². The summed E-state index contributed by atoms with van der Waals surface area (Å²) in [6, 6.07) is 6.78. The molecule has 1 aromatic heterocycles. The van der Waals surface area contributed by atoms with Gasteiger partial charge in [0.15, 0.2) is 9.84 Å². The summed E-state index contributed by atoms with van der Waals surface area (Å²) < 4.78 is 55.7. The molecule has 124 valence electrons. The third kappa shape index (κ3) is 3.31. The van der Waals surface area contributed by atoms with Gasteiger partial charge in [0.05, 0.1) is 16.4 Å². The standard InChI is InChI=1S/C14H15NO6S2/c1-14(6-7-22(17,18)9-14)15-23(19,20)11-3-4-12-10(8-11)2-5-13(16)21-12/h2-5,8,15H,6-7,9H2,1H3. The highest BCUT2D eigenvalue weighted by atomic mass is 32.2. The maximum atomic E-state index is 12.5. The molecule has 23 heavy (non-hydrogen) atoms. The van der Waals surface area contributed by atoms with Gasteiger partial charge in [0.2, 0.25) is 10.0 Å². The van der Waals surface area contributed by atoms with E-state index in [1.807, 2.05) is 0 Å². The minimum absolute atomic E-state index is 0.00984. The van der Waals surface area contributed by atoms with Crippen LogP contribution in [-0.4, -0.2) is 33.9 Å². The normalized spacial score (nSPS) is 24.0. The predicted molar refractivity (Wildman–Crippen MR) is 84.5 cm³/mol. The Hall–Kier alpha value is -1.71. The third-order valence-corrected chi connectivity index (χ3v) is 7.32. The van der Waals surface area contributed by atoms with Crippen molar-refractivity contribution >= 4 is 30.8 Å². The Morgan fingerprint density at radius 1 is 1.22 bits per heavy atom. The van der Waals surface area contributed by atoms with Gasteiger partial charge in [0.1, 0.15) is 5.58 Å². The highest BCUT2D eigenvalue weighted by molar-refractivity contribution is 7.92. The lowest BCUT2D eigenvalue weighted by Crippen LogP contribution is -2.46. The minimum atomic E-state index is -3.89. The molecule has 0 bridgehead atoms. The van der Waals surface area contributed by atoms with Crippen LogP contribution < -0.4 is 10.3 Å². The average molecular weight is 357 g/mol. The average Bonchev–Trinajstić information content (AvgIpc) is 2.70. The summed E-state index contributed by atoms with van der Waals surface area (Å²) >= 11 is 0. The van der Waals surface area contributed by atoms with Crippen molar-refractivity contribution in [1.82, 2.24) is 4.72 Å². The highest BCUT2D eigenvalue weighted by Crippen LogP contribution is 2.26. The van der Waals surface area contributed by atoms with E-state index in [0.717, 1.165) is 0 Å². The second-order valence-electron chi connectivity index (χ2n) is 5.96. The zero-order chi connectivity index (χ0) is 16.9. The van der Waals surface area contributed by atoms with E-state index in [0.29, 0.717) is 5.39 Å². The van der Waals surface area contributed by atoms with Crippen LogP contribution in [0.15, 0.2) is 44.4 Å². The SMILES string of the molecule is CC1(NS(=O)(=O)c2ccc3oc(=O)ccc3c2)CCS(=O)(=O)C1. The Kier molecular flexibility index (Phi) is 3.62. The van der Waals surface area contributed by atoms with Crippen molar-refractivity contribution in [3.63, 3.8) is 0 Å². The molecular formula is C14H15NO6S2. The molecule has 0 aliphatic carbocycles. The van der Waals surface area contributed by atoms with E-state index >= 15 is 0 Å². The Morgan fingerprint density at radius 3 is 2.61 bits per heavy atom. The zero-order valence-corrected chi connectivity index (χ0v) is 13.9. The summed E-state index contributed by atoms with van der Waals surface area (Å²) in [5.41, 5.74) is -1.25. The maximum Gasteiger partial charge on any atom is 0.336 e. The number of fused-ring (bicyclic) bond motifs is 1. The molecule has 2 heterocycles. The van der Waals surface area contributed by atoms with Gasteiger partial charge in [-0.25, -0.2) is 26.4 Å². The molecule has 1 aliphatic rings. The van der Waals surface area contributed by atoms with Gasteiger partial charge in [-0.1, -0.05) is 0 Å². The Balaban J connectivity index is 1.97. The van der Waals surface area contributed by atoms with Crippen molar-refractivity contribution in [1.29, 1.82) is 0 Å². The fraction of sp³-hybridized carbons (Fsp3) is 0.357. The largest absolute Gasteiger partial charge is 0.423 e. The van der Waals surface area contributed by atoms with Crippen molar-refractivity contribution in [2.75, 3.05) is 11.5 Å². The van der Waals surface area contributed by atoms with Gasteiger partial charge in [0, 0.05) is 17.0 Å². The zero-order valence-electron chi connectivity index (χ0n) is 12.3. The predicted octanol–water partition coefficient (Wildman–Crippen LogP) is 0.649. The molecule has 0 spiro atoms. The number of nitrogens with one attached hydrogen (secondary N) is 1. The van der Waals surface area contributed by atoms with Gasteiger partial charge in [-0.15, -0.1) is 0 Å². The van der Waals surface area contributed by atoms with Gasteiger partial charge < -0.3 is 4.42 Å². The minimum Gasteiger partial charge on any atom is -0.423 e. The van der Waals surface area contributed by atoms with Crippen molar-refractivity contribution in [3.05, 3.63) is 40.8 Å². The molecule has 1 aliphatic heterocycles. The van der Waals surface area contributed by atoms with Crippen molar-refractivity contribution in [2.24, 2.45) is 0 Å². The first-order chi connectivity index (χ1) is 10.6. The number of hydrogen-bond acceptors (Lipinski definition) is 6. The molecule has 0 radical (unpaired) electrons. The molecule has 7 nitrogen and oxygen atoms in total. The molecule has 0 amide bonds. The molecule has 0 saturated carbocycles. The van der Waals surface area contributed by atoms with Gasteiger partial charge in [-0.05, 0) is 37.6 Å². The highest BCUT2D eigenvalue weighted by Gasteiger charge is 2.41. The Labute approximate surface area is 133 Å². The van der Waals surface area contributed by atoms with Crippen LogP contribution >= 0.6 is 0 Å². The molecule has 2 aromatic rings. The smallest absolute Gasteiger partial charge is 0.336 e. The van der Waals surface area contributed by atoms with E-state index in [4.69, 9.17) is 4.42 Å². The van der Waals surface area contributed by atoms with E-state index < -0.39 is 31.0 Å². The molecule has 1 unspecified atom stereocenters. The quantitative estimate of drug-likeness (QED) is 0.808. The van der Waals surface area contributed by atoms with Gasteiger partial charge in [0.25, 0.3) is 0 Å². The monoisotopic (exact) mass is 357 g/mol. The number of sulfonamides is 1.